The number of nitrogens with zero attached hydrogens (tertiary/aromatic N) is 2. The summed E-state index contributed by atoms with van der Waals surface area (Å²) in [5.74, 6) is -0.147. The SMILES string of the molecule is C/C(=N/NC(=O)Cn1ccc2ccccc21)c1ccc2ccccc2c1. The Kier molecular flexibility index (Phi) is 4.23. The molecule has 0 aliphatic rings. The predicted octanol–water partition coefficient (Wildman–Crippen LogP) is 4.33. The maximum Gasteiger partial charge on any atom is 0.259 e. The van der Waals surface area contributed by atoms with Crippen molar-refractivity contribution in [2.75, 3.05) is 0 Å². The molecule has 1 heterocycles. The molecule has 0 aliphatic heterocycles. The number of carbonyl (C=O) groups excluding carboxylic acids is 1. The minimum absolute atomic E-state index is 0.147. The fourth-order valence-electron chi connectivity index (χ4n) is 3.09. The molecule has 4 aromatic rings. The van der Waals surface area contributed by atoms with E-state index in [1.807, 2.05) is 66.2 Å². The zero-order valence-electron chi connectivity index (χ0n) is 14.5. The van der Waals surface area contributed by atoms with Gasteiger partial charge in [0, 0.05) is 11.7 Å². The van der Waals surface area contributed by atoms with Gasteiger partial charge in [0.1, 0.15) is 6.54 Å². The lowest BCUT2D eigenvalue weighted by Crippen LogP contribution is -2.23. The Morgan fingerprint density at radius 3 is 2.50 bits per heavy atom. The third kappa shape index (κ3) is 3.22. The minimum Gasteiger partial charge on any atom is -0.338 e. The summed E-state index contributed by atoms with van der Waals surface area (Å²) in [5, 5.41) is 7.73. The smallest absolute Gasteiger partial charge is 0.259 e. The van der Waals surface area contributed by atoms with Crippen molar-refractivity contribution >= 4 is 33.3 Å². The lowest BCUT2D eigenvalue weighted by atomic mass is 10.0. The molecular formula is C22H19N3O. The van der Waals surface area contributed by atoms with E-state index in [-0.39, 0.29) is 12.5 Å². The van der Waals surface area contributed by atoms with Crippen LogP contribution in [0.15, 0.2) is 84.1 Å². The largest absolute Gasteiger partial charge is 0.338 e. The average molecular weight is 341 g/mol. The molecular weight excluding hydrogens is 322 g/mol. The second kappa shape index (κ2) is 6.84. The van der Waals surface area contributed by atoms with Gasteiger partial charge >= 0.3 is 0 Å². The van der Waals surface area contributed by atoms with Crippen LogP contribution in [-0.2, 0) is 11.3 Å². The molecule has 1 amide bonds. The molecule has 0 saturated carbocycles. The van der Waals surface area contributed by atoms with Crippen LogP contribution in [0, 0.1) is 0 Å². The van der Waals surface area contributed by atoms with Gasteiger partial charge < -0.3 is 4.57 Å². The van der Waals surface area contributed by atoms with Crippen molar-refractivity contribution in [3.8, 4) is 0 Å². The van der Waals surface area contributed by atoms with E-state index in [0.717, 1.165) is 27.6 Å². The maximum absolute atomic E-state index is 12.3. The molecule has 4 nitrogen and oxygen atoms in total. The normalized spacial score (nSPS) is 11.8. The van der Waals surface area contributed by atoms with Crippen molar-refractivity contribution in [3.05, 3.63) is 84.6 Å². The zero-order valence-corrected chi connectivity index (χ0v) is 14.5. The van der Waals surface area contributed by atoms with Crippen molar-refractivity contribution in [1.82, 2.24) is 9.99 Å². The topological polar surface area (TPSA) is 46.4 Å². The van der Waals surface area contributed by atoms with Gasteiger partial charge in [-0.1, -0.05) is 54.6 Å². The number of hydrazone groups is 1. The lowest BCUT2D eigenvalue weighted by Gasteiger charge is -2.06. The van der Waals surface area contributed by atoms with E-state index in [1.54, 1.807) is 0 Å². The number of rotatable bonds is 4. The van der Waals surface area contributed by atoms with Gasteiger partial charge in [0.15, 0.2) is 0 Å². The lowest BCUT2D eigenvalue weighted by molar-refractivity contribution is -0.121. The molecule has 0 aliphatic carbocycles. The number of carbonyl (C=O) groups is 1. The standard InChI is InChI=1S/C22H19N3O/c1-16(19-11-10-17-6-2-3-8-20(17)14-19)23-24-22(26)15-25-13-12-18-7-4-5-9-21(18)25/h2-14H,15H2,1H3,(H,24,26)/b23-16-. The van der Waals surface area contributed by atoms with E-state index in [1.165, 1.54) is 5.39 Å². The van der Waals surface area contributed by atoms with Gasteiger partial charge in [0.25, 0.3) is 5.91 Å². The highest BCUT2D eigenvalue weighted by molar-refractivity contribution is 6.02. The summed E-state index contributed by atoms with van der Waals surface area (Å²) < 4.78 is 1.92. The quantitative estimate of drug-likeness (QED) is 0.436. The van der Waals surface area contributed by atoms with E-state index >= 15 is 0 Å². The number of fused-ring (bicyclic) bond motifs is 2. The average Bonchev–Trinajstić information content (AvgIpc) is 3.08. The first-order chi connectivity index (χ1) is 12.7. The molecule has 4 rings (SSSR count). The van der Waals surface area contributed by atoms with Crippen molar-refractivity contribution in [1.29, 1.82) is 0 Å². The molecule has 0 fully saturated rings. The predicted molar refractivity (Wildman–Crippen MR) is 106 cm³/mol. The Labute approximate surface area is 151 Å². The van der Waals surface area contributed by atoms with Gasteiger partial charge in [-0.3, -0.25) is 4.79 Å². The fraction of sp³-hybridized carbons (Fsp3) is 0.0909. The van der Waals surface area contributed by atoms with E-state index in [9.17, 15) is 4.79 Å². The number of benzene rings is 3. The van der Waals surface area contributed by atoms with Crippen LogP contribution in [0.4, 0.5) is 0 Å². The Morgan fingerprint density at radius 2 is 1.65 bits per heavy atom. The molecule has 0 saturated heterocycles. The number of para-hydroxylation sites is 1. The summed E-state index contributed by atoms with van der Waals surface area (Å²) >= 11 is 0. The van der Waals surface area contributed by atoms with Crippen LogP contribution in [0.5, 0.6) is 0 Å². The Bertz CT molecular complexity index is 1120. The van der Waals surface area contributed by atoms with E-state index in [4.69, 9.17) is 0 Å². The second-order valence-corrected chi connectivity index (χ2v) is 6.30. The summed E-state index contributed by atoms with van der Waals surface area (Å²) in [6, 6.07) is 24.4. The summed E-state index contributed by atoms with van der Waals surface area (Å²) in [7, 11) is 0. The van der Waals surface area contributed by atoms with Crippen LogP contribution in [0.25, 0.3) is 21.7 Å². The Balaban J connectivity index is 1.48. The third-order valence-corrected chi connectivity index (χ3v) is 4.51. The Morgan fingerprint density at radius 1 is 0.923 bits per heavy atom. The number of nitrogens with one attached hydrogen (secondary N) is 1. The molecule has 1 N–H and O–H groups in total. The van der Waals surface area contributed by atoms with Crippen molar-refractivity contribution < 1.29 is 4.79 Å². The molecule has 0 spiro atoms. The van der Waals surface area contributed by atoms with Gasteiger partial charge in [-0.2, -0.15) is 5.10 Å². The third-order valence-electron chi connectivity index (χ3n) is 4.51. The van der Waals surface area contributed by atoms with Crippen molar-refractivity contribution in [2.24, 2.45) is 5.10 Å². The molecule has 4 heteroatoms. The summed E-state index contributed by atoms with van der Waals surface area (Å²) in [4.78, 5) is 12.3. The molecule has 0 radical (unpaired) electrons. The summed E-state index contributed by atoms with van der Waals surface area (Å²) in [6.45, 7) is 2.14. The highest BCUT2D eigenvalue weighted by atomic mass is 16.2. The number of amides is 1. The molecule has 0 bridgehead atoms. The number of hydrogen-bond donors (Lipinski definition) is 1. The van der Waals surface area contributed by atoms with Gasteiger partial charge in [-0.15, -0.1) is 0 Å². The molecule has 3 aromatic carbocycles. The summed E-state index contributed by atoms with van der Waals surface area (Å²) in [5.41, 5.74) is 5.47. The first kappa shape index (κ1) is 16.1. The van der Waals surface area contributed by atoms with Crippen LogP contribution in [-0.4, -0.2) is 16.2 Å². The molecule has 1 aromatic heterocycles. The summed E-state index contributed by atoms with van der Waals surface area (Å²) in [6.07, 6.45) is 1.92. The van der Waals surface area contributed by atoms with Crippen molar-refractivity contribution in [3.63, 3.8) is 0 Å². The van der Waals surface area contributed by atoms with Crippen LogP contribution in [0.3, 0.4) is 0 Å². The van der Waals surface area contributed by atoms with Crippen LogP contribution >= 0.6 is 0 Å². The van der Waals surface area contributed by atoms with Gasteiger partial charge in [0.05, 0.1) is 5.71 Å². The zero-order chi connectivity index (χ0) is 17.9. The van der Waals surface area contributed by atoms with Crippen LogP contribution in [0.2, 0.25) is 0 Å². The molecule has 128 valence electrons. The minimum atomic E-state index is -0.147. The van der Waals surface area contributed by atoms with Crippen LogP contribution < -0.4 is 5.43 Å². The second-order valence-electron chi connectivity index (χ2n) is 6.30. The monoisotopic (exact) mass is 341 g/mol. The maximum atomic E-state index is 12.3. The molecule has 26 heavy (non-hydrogen) atoms. The van der Waals surface area contributed by atoms with Gasteiger partial charge in [-0.05, 0) is 46.8 Å². The number of hydrogen-bond acceptors (Lipinski definition) is 2. The van der Waals surface area contributed by atoms with Gasteiger partial charge in [0.2, 0.25) is 0 Å². The van der Waals surface area contributed by atoms with E-state index < -0.39 is 0 Å². The van der Waals surface area contributed by atoms with E-state index in [0.29, 0.717) is 0 Å². The van der Waals surface area contributed by atoms with Crippen molar-refractivity contribution in [2.45, 2.75) is 13.5 Å². The highest BCUT2D eigenvalue weighted by Gasteiger charge is 2.06. The fourth-order valence-corrected chi connectivity index (χ4v) is 3.09. The first-order valence-corrected chi connectivity index (χ1v) is 8.57. The molecule has 0 unspecified atom stereocenters. The first-order valence-electron chi connectivity index (χ1n) is 8.57. The highest BCUT2D eigenvalue weighted by Crippen LogP contribution is 2.16. The van der Waals surface area contributed by atoms with E-state index in [2.05, 4.69) is 34.8 Å². The number of aromatic nitrogens is 1. The van der Waals surface area contributed by atoms with Crippen LogP contribution in [0.1, 0.15) is 12.5 Å². The Hall–Kier alpha value is -3.40. The molecule has 0 atom stereocenters. The van der Waals surface area contributed by atoms with Gasteiger partial charge in [-0.25, -0.2) is 5.43 Å².